The van der Waals surface area contributed by atoms with Gasteiger partial charge in [0.2, 0.25) is 5.91 Å². The van der Waals surface area contributed by atoms with E-state index in [2.05, 4.69) is 23.6 Å². The van der Waals surface area contributed by atoms with Crippen LogP contribution in [0.1, 0.15) is 38.7 Å². The molecule has 2 fully saturated rings. The van der Waals surface area contributed by atoms with Crippen molar-refractivity contribution in [2.45, 2.75) is 44.7 Å². The predicted molar refractivity (Wildman–Crippen MR) is 109 cm³/mol. The van der Waals surface area contributed by atoms with E-state index in [-0.39, 0.29) is 23.6 Å². The molecule has 1 aromatic carbocycles. The van der Waals surface area contributed by atoms with Crippen molar-refractivity contribution in [3.05, 3.63) is 41.3 Å². The number of thioether (sulfide) groups is 1. The summed E-state index contributed by atoms with van der Waals surface area (Å²) in [5.74, 6) is 0.991. The first-order valence-electron chi connectivity index (χ1n) is 9.54. The molecule has 0 unspecified atom stereocenters. The first-order valence-corrected chi connectivity index (χ1v) is 10.6. The third-order valence-electron chi connectivity index (χ3n) is 5.17. The van der Waals surface area contributed by atoms with Crippen LogP contribution in [0.2, 0.25) is 0 Å². The average Bonchev–Trinajstić information content (AvgIpc) is 2.95. The Labute approximate surface area is 165 Å². The number of benzene rings is 1. The van der Waals surface area contributed by atoms with Crippen molar-refractivity contribution in [3.63, 3.8) is 0 Å². The van der Waals surface area contributed by atoms with Crippen molar-refractivity contribution in [2.75, 3.05) is 25.4 Å². The summed E-state index contributed by atoms with van der Waals surface area (Å²) >= 11 is 1.66. The zero-order valence-corrected chi connectivity index (χ0v) is 16.9. The fourth-order valence-electron chi connectivity index (χ4n) is 3.70. The number of hydrogen-bond acceptors (Lipinski definition) is 4. The molecule has 146 valence electrons. The molecule has 2 aliphatic heterocycles. The quantitative estimate of drug-likeness (QED) is 0.691. The van der Waals surface area contributed by atoms with Gasteiger partial charge < -0.3 is 9.64 Å². The largest absolute Gasteiger partial charge is 0.447 e. The van der Waals surface area contributed by atoms with Crippen LogP contribution in [0.25, 0.3) is 6.08 Å². The SMILES string of the molecule is CC1(C)COC(=O)N1C1CCN(C(=O)CCSC=Cc2ccccc2)CC1. The fourth-order valence-corrected chi connectivity index (χ4v) is 4.39. The van der Waals surface area contributed by atoms with Crippen LogP contribution in [0, 0.1) is 0 Å². The van der Waals surface area contributed by atoms with Crippen LogP contribution in [0.4, 0.5) is 4.79 Å². The van der Waals surface area contributed by atoms with Gasteiger partial charge in [0.1, 0.15) is 6.61 Å². The third kappa shape index (κ3) is 5.06. The number of carbonyl (C=O) groups excluding carboxylic acids is 2. The molecule has 0 saturated carbocycles. The summed E-state index contributed by atoms with van der Waals surface area (Å²) in [4.78, 5) is 28.3. The molecule has 0 N–H and O–H groups in total. The summed E-state index contributed by atoms with van der Waals surface area (Å²) in [6.07, 6.45) is 4.05. The highest BCUT2D eigenvalue weighted by Gasteiger charge is 2.44. The first kappa shape index (κ1) is 19.8. The molecule has 0 radical (unpaired) electrons. The van der Waals surface area contributed by atoms with Gasteiger partial charge in [-0.25, -0.2) is 4.79 Å². The van der Waals surface area contributed by atoms with Gasteiger partial charge in [-0.3, -0.25) is 9.69 Å². The molecule has 6 heteroatoms. The van der Waals surface area contributed by atoms with E-state index in [0.29, 0.717) is 26.1 Å². The molecular weight excluding hydrogens is 360 g/mol. The molecule has 3 rings (SSSR count). The van der Waals surface area contributed by atoms with Crippen molar-refractivity contribution in [2.24, 2.45) is 0 Å². The number of hydrogen-bond donors (Lipinski definition) is 0. The van der Waals surface area contributed by atoms with E-state index in [1.165, 1.54) is 5.56 Å². The molecule has 0 bridgehead atoms. The Hall–Kier alpha value is -1.95. The monoisotopic (exact) mass is 388 g/mol. The summed E-state index contributed by atoms with van der Waals surface area (Å²) in [7, 11) is 0. The van der Waals surface area contributed by atoms with E-state index < -0.39 is 0 Å². The normalized spacial score (nSPS) is 20.3. The lowest BCUT2D eigenvalue weighted by molar-refractivity contribution is -0.132. The summed E-state index contributed by atoms with van der Waals surface area (Å²) in [6, 6.07) is 10.3. The Kier molecular flexibility index (Phi) is 6.47. The van der Waals surface area contributed by atoms with Crippen LogP contribution in [0.15, 0.2) is 35.7 Å². The number of cyclic esters (lactones) is 1. The topological polar surface area (TPSA) is 49.9 Å². The van der Waals surface area contributed by atoms with Gasteiger partial charge in [-0.1, -0.05) is 30.3 Å². The van der Waals surface area contributed by atoms with Crippen LogP contribution in [-0.4, -0.2) is 58.8 Å². The second-order valence-corrected chi connectivity index (χ2v) is 8.70. The Morgan fingerprint density at radius 1 is 1.26 bits per heavy atom. The van der Waals surface area contributed by atoms with Crippen molar-refractivity contribution in [3.8, 4) is 0 Å². The lowest BCUT2D eigenvalue weighted by Crippen LogP contribution is -2.53. The van der Waals surface area contributed by atoms with Crippen molar-refractivity contribution in [1.82, 2.24) is 9.80 Å². The summed E-state index contributed by atoms with van der Waals surface area (Å²) in [6.45, 7) is 5.95. The number of rotatable bonds is 6. The van der Waals surface area contributed by atoms with Gasteiger partial charge in [0.05, 0.1) is 5.54 Å². The average molecular weight is 389 g/mol. The molecule has 0 aliphatic carbocycles. The summed E-state index contributed by atoms with van der Waals surface area (Å²) < 4.78 is 5.21. The van der Waals surface area contributed by atoms with Crippen molar-refractivity contribution >= 4 is 29.8 Å². The van der Waals surface area contributed by atoms with Gasteiger partial charge in [0, 0.05) is 31.3 Å². The Bertz CT molecular complexity index is 682. The minimum absolute atomic E-state index is 0.169. The minimum atomic E-state index is -0.254. The van der Waals surface area contributed by atoms with Gasteiger partial charge in [-0.05, 0) is 43.7 Å². The lowest BCUT2D eigenvalue weighted by atomic mass is 9.97. The van der Waals surface area contributed by atoms with Crippen LogP contribution in [-0.2, 0) is 9.53 Å². The first-order chi connectivity index (χ1) is 13.0. The van der Waals surface area contributed by atoms with E-state index in [1.54, 1.807) is 11.8 Å². The Balaban J connectivity index is 1.38. The van der Waals surface area contributed by atoms with Crippen molar-refractivity contribution in [1.29, 1.82) is 0 Å². The molecular formula is C21H28N2O3S. The molecule has 2 aliphatic rings. The highest BCUT2D eigenvalue weighted by atomic mass is 32.2. The Morgan fingerprint density at radius 2 is 1.96 bits per heavy atom. The molecule has 0 spiro atoms. The maximum atomic E-state index is 12.4. The maximum Gasteiger partial charge on any atom is 0.410 e. The molecule has 0 atom stereocenters. The molecule has 27 heavy (non-hydrogen) atoms. The second kappa shape index (κ2) is 8.83. The van der Waals surface area contributed by atoms with E-state index in [9.17, 15) is 9.59 Å². The number of piperidine rings is 1. The van der Waals surface area contributed by atoms with Crippen LogP contribution in [0.3, 0.4) is 0 Å². The smallest absolute Gasteiger partial charge is 0.410 e. The molecule has 5 nitrogen and oxygen atoms in total. The van der Waals surface area contributed by atoms with Gasteiger partial charge >= 0.3 is 6.09 Å². The van der Waals surface area contributed by atoms with Crippen LogP contribution >= 0.6 is 11.8 Å². The van der Waals surface area contributed by atoms with Crippen LogP contribution < -0.4 is 0 Å². The van der Waals surface area contributed by atoms with Gasteiger partial charge in [-0.15, -0.1) is 11.8 Å². The fraction of sp³-hybridized carbons (Fsp3) is 0.524. The number of ether oxygens (including phenoxy) is 1. The second-order valence-electron chi connectivity index (χ2n) is 7.68. The molecule has 2 amide bonds. The predicted octanol–water partition coefficient (Wildman–Crippen LogP) is 4.00. The minimum Gasteiger partial charge on any atom is -0.447 e. The van der Waals surface area contributed by atoms with E-state index in [0.717, 1.165) is 18.6 Å². The van der Waals surface area contributed by atoms with Crippen molar-refractivity contribution < 1.29 is 14.3 Å². The summed E-state index contributed by atoms with van der Waals surface area (Å²) in [5, 5.41) is 2.05. The Morgan fingerprint density at radius 3 is 2.59 bits per heavy atom. The van der Waals surface area contributed by atoms with E-state index in [1.807, 2.05) is 41.8 Å². The zero-order valence-electron chi connectivity index (χ0n) is 16.1. The zero-order chi connectivity index (χ0) is 19.3. The number of amides is 2. The molecule has 2 heterocycles. The number of carbonyl (C=O) groups is 2. The molecule has 0 aromatic heterocycles. The highest BCUT2D eigenvalue weighted by Crippen LogP contribution is 2.30. The molecule has 1 aromatic rings. The highest BCUT2D eigenvalue weighted by molar-refractivity contribution is 8.02. The van der Waals surface area contributed by atoms with Crippen LogP contribution in [0.5, 0.6) is 0 Å². The van der Waals surface area contributed by atoms with Gasteiger partial charge in [-0.2, -0.15) is 0 Å². The standard InChI is InChI=1S/C21H28N2O3S/c1-21(2)16-26-20(25)23(21)18-8-12-22(13-9-18)19(24)11-15-27-14-10-17-6-4-3-5-7-17/h3-7,10,14,18H,8-9,11-13,15-16H2,1-2H3. The third-order valence-corrected chi connectivity index (χ3v) is 5.94. The van der Waals surface area contributed by atoms with Gasteiger partial charge in [0.15, 0.2) is 0 Å². The van der Waals surface area contributed by atoms with Gasteiger partial charge in [0.25, 0.3) is 0 Å². The number of likely N-dealkylation sites (tertiary alicyclic amines) is 1. The lowest BCUT2D eigenvalue weighted by Gasteiger charge is -2.40. The summed E-state index contributed by atoms with van der Waals surface area (Å²) in [5.41, 5.74) is 0.914. The van der Waals surface area contributed by atoms with E-state index in [4.69, 9.17) is 4.74 Å². The maximum absolute atomic E-state index is 12.4. The molecule has 2 saturated heterocycles. The number of nitrogens with zero attached hydrogens (tertiary/aromatic N) is 2. The van der Waals surface area contributed by atoms with E-state index >= 15 is 0 Å².